The Bertz CT molecular complexity index is 1560. The number of carbonyl (C=O) groups is 2. The fourth-order valence-corrected chi connectivity index (χ4v) is 9.42. The summed E-state index contributed by atoms with van der Waals surface area (Å²) in [5, 5.41) is 96.6. The SMILES string of the molecule is CC[C@]1(C(=O)O)O[C@@H](O[C@H]2[C@H](O)[C@@H](O)[C@@H](O[C@H]3[C@H](OC)[C@@H](OC)[C@H](O[C@H]4[C@H](O)[C@@H](O)[C@@H](OC)O[C@@H]4CO)O[C@H]3C(=O)O)O[C@@H]2CO)[C@H](OC)[C@@H](OC)[C@@H]1O[C@H]1O[C@H](CO)[C@@H](OC)[C@H](OC)[C@H]1OC. The maximum Gasteiger partial charge on any atom is 0.338 e. The smallest absolute Gasteiger partial charge is 0.338 e. The second-order valence-electron chi connectivity index (χ2n) is 16.4. The zero-order chi connectivity index (χ0) is 50.4. The van der Waals surface area contributed by atoms with Gasteiger partial charge in [0.15, 0.2) is 43.2 Å². The number of aliphatic hydroxyl groups excluding tert-OH is 7. The Hall–Kier alpha value is -2.02. The van der Waals surface area contributed by atoms with Crippen LogP contribution in [0.25, 0.3) is 0 Å². The number of methoxy groups -OCH3 is 8. The fourth-order valence-electron chi connectivity index (χ4n) is 9.42. The molecule has 5 aliphatic rings. The zero-order valence-corrected chi connectivity index (χ0v) is 39.0. The normalized spacial score (nSPS) is 46.9. The first-order valence-electron chi connectivity index (χ1n) is 21.6. The molecule has 0 bridgehead atoms. The van der Waals surface area contributed by atoms with Gasteiger partial charge < -0.3 is 126 Å². The van der Waals surface area contributed by atoms with Crippen LogP contribution in [0.1, 0.15) is 13.3 Å². The first kappa shape index (κ1) is 56.9. The molecule has 5 aliphatic heterocycles. The van der Waals surface area contributed by atoms with Gasteiger partial charge in [-0.3, -0.25) is 0 Å². The van der Waals surface area contributed by atoms with Gasteiger partial charge in [-0.2, -0.15) is 0 Å². The molecular weight excluding hydrogens is 928 g/mol. The van der Waals surface area contributed by atoms with Gasteiger partial charge in [0, 0.05) is 56.9 Å². The zero-order valence-electron chi connectivity index (χ0n) is 39.0. The van der Waals surface area contributed by atoms with Crippen molar-refractivity contribution >= 4 is 11.9 Å². The van der Waals surface area contributed by atoms with Gasteiger partial charge in [0.25, 0.3) is 0 Å². The summed E-state index contributed by atoms with van der Waals surface area (Å²) >= 11 is 0. The summed E-state index contributed by atoms with van der Waals surface area (Å²) in [5.41, 5.74) is -2.34. The van der Waals surface area contributed by atoms with Crippen LogP contribution in [-0.4, -0.2) is 288 Å². The lowest BCUT2D eigenvalue weighted by Gasteiger charge is -2.53. The molecule has 9 N–H and O–H groups in total. The third-order valence-corrected chi connectivity index (χ3v) is 13.0. The molecule has 0 aromatic carbocycles. The number of carboxylic acid groups (broad SMARTS) is 2. The van der Waals surface area contributed by atoms with Crippen molar-refractivity contribution in [2.45, 2.75) is 166 Å². The van der Waals surface area contributed by atoms with Gasteiger partial charge >= 0.3 is 11.9 Å². The highest BCUT2D eigenvalue weighted by Gasteiger charge is 2.64. The molecule has 25 atom stereocenters. The van der Waals surface area contributed by atoms with E-state index in [1.54, 1.807) is 0 Å². The van der Waals surface area contributed by atoms with E-state index < -0.39 is 185 Å². The second kappa shape index (κ2) is 25.1. The van der Waals surface area contributed by atoms with E-state index in [1.807, 2.05) is 0 Å². The molecule has 0 aliphatic carbocycles. The second-order valence-corrected chi connectivity index (χ2v) is 16.4. The number of hydrogen-bond acceptors (Lipinski definition) is 26. The Kier molecular flexibility index (Phi) is 21.0. The van der Waals surface area contributed by atoms with Gasteiger partial charge in [-0.25, -0.2) is 9.59 Å². The molecule has 0 saturated carbocycles. The molecule has 28 nitrogen and oxygen atoms in total. The molecule has 0 amide bonds. The summed E-state index contributed by atoms with van der Waals surface area (Å²) in [7, 11) is 10.1. The van der Waals surface area contributed by atoms with E-state index in [0.717, 1.165) is 7.11 Å². The molecule has 0 aromatic rings. The molecule has 5 heterocycles. The van der Waals surface area contributed by atoms with Gasteiger partial charge in [0.2, 0.25) is 0 Å². The summed E-state index contributed by atoms with van der Waals surface area (Å²) in [4.78, 5) is 26.2. The van der Waals surface area contributed by atoms with E-state index in [-0.39, 0.29) is 6.42 Å². The number of aliphatic hydroxyl groups is 7. The summed E-state index contributed by atoms with van der Waals surface area (Å²) in [6, 6.07) is 0. The average Bonchev–Trinajstić information content (AvgIpc) is 3.34. The molecule has 68 heavy (non-hydrogen) atoms. The molecule has 0 spiro atoms. The highest BCUT2D eigenvalue weighted by Crippen LogP contribution is 2.42. The van der Waals surface area contributed by atoms with Crippen molar-refractivity contribution in [2.75, 3.05) is 76.7 Å². The van der Waals surface area contributed by atoms with E-state index >= 15 is 0 Å². The minimum Gasteiger partial charge on any atom is -0.479 e. The topological polar surface area (TPSA) is 373 Å². The largest absolute Gasteiger partial charge is 0.479 e. The van der Waals surface area contributed by atoms with Gasteiger partial charge in [0.05, 0.1) is 19.8 Å². The van der Waals surface area contributed by atoms with Gasteiger partial charge in [-0.1, -0.05) is 6.92 Å². The Labute approximate surface area is 390 Å². The minimum absolute atomic E-state index is 0.312. The Morgan fingerprint density at radius 1 is 0.441 bits per heavy atom. The molecule has 0 unspecified atom stereocenters. The predicted molar refractivity (Wildman–Crippen MR) is 215 cm³/mol. The van der Waals surface area contributed by atoms with Crippen LogP contribution in [0.5, 0.6) is 0 Å². The minimum atomic E-state index is -2.34. The van der Waals surface area contributed by atoms with E-state index in [2.05, 4.69) is 0 Å². The predicted octanol–water partition coefficient (Wildman–Crippen LogP) is -5.73. The third-order valence-electron chi connectivity index (χ3n) is 13.0. The molecule has 5 fully saturated rings. The van der Waals surface area contributed by atoms with Crippen molar-refractivity contribution in [3.63, 3.8) is 0 Å². The monoisotopic (exact) mass is 996 g/mol. The van der Waals surface area contributed by atoms with Crippen molar-refractivity contribution < 1.29 is 136 Å². The lowest BCUT2D eigenvalue weighted by Crippen LogP contribution is -2.72. The highest BCUT2D eigenvalue weighted by molar-refractivity contribution is 5.79. The van der Waals surface area contributed by atoms with Gasteiger partial charge in [-0.05, 0) is 6.42 Å². The number of carboxylic acids is 2. The maximum atomic E-state index is 13.4. The van der Waals surface area contributed by atoms with Crippen LogP contribution in [0.2, 0.25) is 0 Å². The Morgan fingerprint density at radius 2 is 0.838 bits per heavy atom. The standard InChI is InChI=1S/C40H68O28/c1-10-40(39(50)51)32(67-36-29(56-6)24(53-3)23(52-2)16(13-43)62-36)27(55-5)31(58-8)38(68-40)64-22-15(12-42)61-35(20(47)18(22)45)65-26-25(54-4)30(57-7)37(66-28(26)33(48)49)63-21-14(11-41)60-34(59-9)19(46)17(21)44/h14-32,34-38,41-47H,10-13H2,1-9H3,(H,48,49)(H,50,51)/t14-,15-,16-,17-,18-,19-,20-,21-,22-,23-,24+,25+,26+,27-,28-,29-,30-,31-,32+,34+,35-,36-,37-,38-,40+/m1/s1. The number of ether oxygens (including phenoxy) is 17. The van der Waals surface area contributed by atoms with E-state index in [4.69, 9.17) is 80.5 Å². The highest BCUT2D eigenvalue weighted by atomic mass is 16.8. The molecular formula is C40H68O28. The molecule has 28 heteroatoms. The lowest BCUT2D eigenvalue weighted by atomic mass is 9.83. The van der Waals surface area contributed by atoms with E-state index in [1.165, 1.54) is 56.7 Å². The quantitative estimate of drug-likeness (QED) is 0.0488. The molecule has 0 aromatic heterocycles. The summed E-state index contributed by atoms with van der Waals surface area (Å²) in [6.07, 6.45) is -37.0. The van der Waals surface area contributed by atoms with Crippen molar-refractivity contribution in [1.82, 2.24) is 0 Å². The van der Waals surface area contributed by atoms with E-state index in [0.29, 0.717) is 0 Å². The van der Waals surface area contributed by atoms with Crippen LogP contribution in [0.4, 0.5) is 0 Å². The summed E-state index contributed by atoms with van der Waals surface area (Å²) < 4.78 is 98.5. The van der Waals surface area contributed by atoms with Crippen molar-refractivity contribution in [3.8, 4) is 0 Å². The number of hydrogen-bond donors (Lipinski definition) is 9. The number of rotatable bonds is 22. The number of aliphatic carboxylic acids is 2. The van der Waals surface area contributed by atoms with Crippen LogP contribution in [0, 0.1) is 0 Å². The van der Waals surface area contributed by atoms with Crippen LogP contribution in [-0.2, 0) is 90.1 Å². The Balaban J connectivity index is 1.38. The fraction of sp³-hybridized carbons (Fsp3) is 0.950. The van der Waals surface area contributed by atoms with E-state index in [9.17, 15) is 55.5 Å². The van der Waals surface area contributed by atoms with Crippen molar-refractivity contribution in [1.29, 1.82) is 0 Å². The molecule has 0 radical (unpaired) electrons. The summed E-state index contributed by atoms with van der Waals surface area (Å²) in [5.74, 6) is -3.22. The van der Waals surface area contributed by atoms with Gasteiger partial charge in [-0.15, -0.1) is 0 Å². The first-order valence-corrected chi connectivity index (χ1v) is 21.6. The third kappa shape index (κ3) is 11.0. The van der Waals surface area contributed by atoms with Gasteiger partial charge in [0.1, 0.15) is 110 Å². The average molecular weight is 997 g/mol. The molecule has 5 rings (SSSR count). The van der Waals surface area contributed by atoms with Crippen LogP contribution in [0.15, 0.2) is 0 Å². The van der Waals surface area contributed by atoms with Crippen molar-refractivity contribution in [2.24, 2.45) is 0 Å². The maximum absolute atomic E-state index is 13.4. The van der Waals surface area contributed by atoms with Crippen LogP contribution in [0.3, 0.4) is 0 Å². The molecule has 396 valence electrons. The van der Waals surface area contributed by atoms with Crippen molar-refractivity contribution in [3.05, 3.63) is 0 Å². The lowest BCUT2D eigenvalue weighted by molar-refractivity contribution is -0.402. The van der Waals surface area contributed by atoms with Crippen LogP contribution >= 0.6 is 0 Å². The first-order chi connectivity index (χ1) is 32.5. The Morgan fingerprint density at radius 3 is 1.28 bits per heavy atom. The molecule has 5 saturated heterocycles. The summed E-state index contributed by atoms with van der Waals surface area (Å²) in [6.45, 7) is -0.747. The van der Waals surface area contributed by atoms with Crippen LogP contribution < -0.4 is 0 Å².